The number of rotatable bonds is 6. The van der Waals surface area contributed by atoms with Crippen molar-refractivity contribution in [3.8, 4) is 0 Å². The highest BCUT2D eigenvalue weighted by Crippen LogP contribution is 2.46. The Morgan fingerprint density at radius 1 is 1.14 bits per heavy atom. The van der Waals surface area contributed by atoms with Crippen LogP contribution in [0.15, 0.2) is 36.5 Å². The van der Waals surface area contributed by atoms with Gasteiger partial charge < -0.3 is 10.3 Å². The molecular weight excluding hydrogens is 356 g/mol. The van der Waals surface area contributed by atoms with E-state index in [0.29, 0.717) is 12.1 Å². The van der Waals surface area contributed by atoms with Crippen molar-refractivity contribution in [1.82, 2.24) is 14.5 Å². The molecule has 0 radical (unpaired) electrons. The topological polar surface area (TPSA) is 47.1 Å². The third-order valence-corrected chi connectivity index (χ3v) is 7.12. The number of hydrogen-bond donors (Lipinski definition) is 1. The van der Waals surface area contributed by atoms with Gasteiger partial charge in [-0.1, -0.05) is 17.7 Å². The molecule has 0 aliphatic carbocycles. The summed E-state index contributed by atoms with van der Waals surface area (Å²) in [7, 11) is 2.32. The Morgan fingerprint density at radius 2 is 2.03 bits per heavy atom. The van der Waals surface area contributed by atoms with Crippen LogP contribution in [-0.2, 0) is 25.8 Å². The molecule has 152 valence electrons. The summed E-state index contributed by atoms with van der Waals surface area (Å²) >= 11 is 0. The lowest BCUT2D eigenvalue weighted by atomic mass is 9.97. The number of nitrogens with zero attached hydrogens (tertiary/aromatic N) is 3. The van der Waals surface area contributed by atoms with Crippen molar-refractivity contribution < 1.29 is 0 Å². The Hall–Kier alpha value is -2.17. The average molecular weight is 389 g/mol. The van der Waals surface area contributed by atoms with Crippen molar-refractivity contribution in [3.05, 3.63) is 64.6 Å². The summed E-state index contributed by atoms with van der Waals surface area (Å²) in [5, 5.41) is 1.48. The molecule has 4 nitrogen and oxygen atoms in total. The van der Waals surface area contributed by atoms with Crippen molar-refractivity contribution in [3.63, 3.8) is 0 Å². The number of benzene rings is 1. The van der Waals surface area contributed by atoms with Gasteiger partial charge in [-0.2, -0.15) is 0 Å². The Labute approximate surface area is 173 Å². The fourth-order valence-electron chi connectivity index (χ4n) is 5.50. The number of hydrogen-bond acceptors (Lipinski definition) is 3. The van der Waals surface area contributed by atoms with E-state index >= 15 is 0 Å². The maximum absolute atomic E-state index is 5.62. The average Bonchev–Trinajstić information content (AvgIpc) is 3.14. The molecule has 4 heterocycles. The van der Waals surface area contributed by atoms with Crippen LogP contribution in [0.1, 0.15) is 53.4 Å². The van der Waals surface area contributed by atoms with Crippen LogP contribution in [0, 0.1) is 6.92 Å². The standard InChI is InChI=1S/C25H32N4/c1-17-5-9-22-21(14-17)25-23-10-8-20(28(23)2)15-24(25)29(22)13-11-18-6-7-19(27-16-18)4-3-12-26/h5-7,9,14,16,20,23H,3-4,8,10-13,15,26H2,1-2H3. The lowest BCUT2D eigenvalue weighted by Crippen LogP contribution is -2.34. The zero-order valence-electron chi connectivity index (χ0n) is 17.7. The zero-order chi connectivity index (χ0) is 20.0. The van der Waals surface area contributed by atoms with Crippen LogP contribution in [0.2, 0.25) is 0 Å². The SMILES string of the molecule is Cc1ccc2c(c1)c1c(n2CCc2ccc(CCCN)nc2)CC2CCC1N2C. The molecule has 2 aliphatic heterocycles. The highest BCUT2D eigenvalue weighted by atomic mass is 15.2. The smallest absolute Gasteiger partial charge is 0.0486 e. The second-order valence-corrected chi connectivity index (χ2v) is 8.95. The first-order valence-corrected chi connectivity index (χ1v) is 11.1. The van der Waals surface area contributed by atoms with Crippen LogP contribution in [-0.4, -0.2) is 34.1 Å². The fraction of sp³-hybridized carbons (Fsp3) is 0.480. The van der Waals surface area contributed by atoms with Gasteiger partial charge in [-0.05, 0) is 81.9 Å². The summed E-state index contributed by atoms with van der Waals surface area (Å²) in [4.78, 5) is 7.27. The van der Waals surface area contributed by atoms with Gasteiger partial charge in [0.05, 0.1) is 0 Å². The van der Waals surface area contributed by atoms with Crippen molar-refractivity contribution in [2.24, 2.45) is 5.73 Å². The number of pyridine rings is 1. The van der Waals surface area contributed by atoms with E-state index in [1.54, 1.807) is 11.3 Å². The molecule has 0 spiro atoms. The highest BCUT2D eigenvalue weighted by Gasteiger charge is 2.40. The minimum absolute atomic E-state index is 0.595. The van der Waals surface area contributed by atoms with E-state index in [1.807, 2.05) is 0 Å². The molecule has 2 atom stereocenters. The van der Waals surface area contributed by atoms with Gasteiger partial charge >= 0.3 is 0 Å². The molecule has 1 saturated heterocycles. The van der Waals surface area contributed by atoms with Gasteiger partial charge in [-0.15, -0.1) is 0 Å². The summed E-state index contributed by atoms with van der Waals surface area (Å²) in [6, 6.07) is 12.7. The third-order valence-electron chi connectivity index (χ3n) is 7.12. The summed E-state index contributed by atoms with van der Waals surface area (Å²) < 4.78 is 2.62. The molecular formula is C25H32N4. The van der Waals surface area contributed by atoms with Gasteiger partial charge in [0.15, 0.2) is 0 Å². The predicted molar refractivity (Wildman–Crippen MR) is 119 cm³/mol. The zero-order valence-corrected chi connectivity index (χ0v) is 17.7. The maximum atomic E-state index is 5.62. The largest absolute Gasteiger partial charge is 0.344 e. The van der Waals surface area contributed by atoms with Crippen LogP contribution in [0.3, 0.4) is 0 Å². The number of fused-ring (bicyclic) bond motifs is 6. The van der Waals surface area contributed by atoms with Crippen LogP contribution < -0.4 is 5.73 Å². The van der Waals surface area contributed by atoms with Gasteiger partial charge in [0.1, 0.15) is 0 Å². The van der Waals surface area contributed by atoms with E-state index in [1.165, 1.54) is 41.3 Å². The number of aromatic nitrogens is 2. The molecule has 2 bridgehead atoms. The van der Waals surface area contributed by atoms with Gasteiger partial charge in [0, 0.05) is 53.5 Å². The minimum atomic E-state index is 0.595. The lowest BCUT2D eigenvalue weighted by molar-refractivity contribution is 0.222. The van der Waals surface area contributed by atoms with Crippen LogP contribution in [0.25, 0.3) is 10.9 Å². The maximum Gasteiger partial charge on any atom is 0.0486 e. The quantitative estimate of drug-likeness (QED) is 0.689. The van der Waals surface area contributed by atoms with Gasteiger partial charge in [-0.25, -0.2) is 0 Å². The minimum Gasteiger partial charge on any atom is -0.344 e. The molecule has 0 amide bonds. The fourth-order valence-corrected chi connectivity index (χ4v) is 5.50. The van der Waals surface area contributed by atoms with E-state index in [-0.39, 0.29) is 0 Å². The van der Waals surface area contributed by atoms with Gasteiger partial charge in [-0.3, -0.25) is 9.88 Å². The Balaban J connectivity index is 1.46. The number of likely N-dealkylation sites (N-methyl/N-ethyl adjacent to an activating group) is 1. The summed E-state index contributed by atoms with van der Waals surface area (Å²) in [6.45, 7) is 3.97. The van der Waals surface area contributed by atoms with Gasteiger partial charge in [0.2, 0.25) is 0 Å². The van der Waals surface area contributed by atoms with Crippen molar-refractivity contribution in [2.75, 3.05) is 13.6 Å². The van der Waals surface area contributed by atoms with Crippen molar-refractivity contribution >= 4 is 10.9 Å². The Morgan fingerprint density at radius 3 is 2.83 bits per heavy atom. The number of aryl methyl sites for hydroxylation is 4. The molecule has 2 N–H and O–H groups in total. The first-order chi connectivity index (χ1) is 14.2. The first-order valence-electron chi connectivity index (χ1n) is 11.1. The molecule has 1 fully saturated rings. The molecule has 1 aromatic carbocycles. The van der Waals surface area contributed by atoms with E-state index in [4.69, 9.17) is 5.73 Å². The molecule has 4 heteroatoms. The van der Waals surface area contributed by atoms with Crippen LogP contribution >= 0.6 is 0 Å². The second kappa shape index (κ2) is 7.58. The molecule has 2 unspecified atom stereocenters. The molecule has 5 rings (SSSR count). The Bertz CT molecular complexity index is 1020. The third kappa shape index (κ3) is 3.28. The van der Waals surface area contributed by atoms with Crippen LogP contribution in [0.4, 0.5) is 0 Å². The van der Waals surface area contributed by atoms with E-state index in [2.05, 4.69) is 65.0 Å². The monoisotopic (exact) mass is 388 g/mol. The molecule has 29 heavy (non-hydrogen) atoms. The molecule has 2 aromatic heterocycles. The van der Waals surface area contributed by atoms with Crippen molar-refractivity contribution in [2.45, 2.75) is 64.1 Å². The van der Waals surface area contributed by atoms with Crippen molar-refractivity contribution in [1.29, 1.82) is 0 Å². The van der Waals surface area contributed by atoms with E-state index in [0.717, 1.165) is 38.0 Å². The number of nitrogens with two attached hydrogens (primary N) is 1. The normalized spacial score (nSPS) is 21.1. The summed E-state index contributed by atoms with van der Waals surface area (Å²) in [5.41, 5.74) is 14.1. The van der Waals surface area contributed by atoms with E-state index < -0.39 is 0 Å². The molecule has 3 aromatic rings. The van der Waals surface area contributed by atoms with Gasteiger partial charge in [0.25, 0.3) is 0 Å². The van der Waals surface area contributed by atoms with E-state index in [9.17, 15) is 0 Å². The van der Waals surface area contributed by atoms with Crippen LogP contribution in [0.5, 0.6) is 0 Å². The Kier molecular flexibility index (Phi) is 4.92. The second-order valence-electron chi connectivity index (χ2n) is 8.95. The lowest BCUT2D eigenvalue weighted by Gasteiger charge is -2.32. The predicted octanol–water partition coefficient (Wildman–Crippen LogP) is 4.17. The summed E-state index contributed by atoms with van der Waals surface area (Å²) in [5.74, 6) is 0. The molecule has 0 saturated carbocycles. The first kappa shape index (κ1) is 18.8. The summed E-state index contributed by atoms with van der Waals surface area (Å²) in [6.07, 6.45) is 8.89. The highest BCUT2D eigenvalue weighted by molar-refractivity contribution is 5.87. The molecule has 2 aliphatic rings.